The van der Waals surface area contributed by atoms with Crippen LogP contribution in [-0.2, 0) is 10.0 Å². The average Bonchev–Trinajstić information content (AvgIpc) is 2.35. The third-order valence-electron chi connectivity index (χ3n) is 2.17. The van der Waals surface area contributed by atoms with Crippen LogP contribution >= 0.6 is 0 Å². The molecular formula is C12H8F2NO2S-. The van der Waals surface area contributed by atoms with Crippen molar-refractivity contribution in [3.05, 3.63) is 64.9 Å². The predicted molar refractivity (Wildman–Crippen MR) is 63.0 cm³/mol. The molecule has 2 aromatic carbocycles. The molecule has 94 valence electrons. The maximum absolute atomic E-state index is 12.9. The molecule has 0 heterocycles. The third-order valence-corrected chi connectivity index (χ3v) is 3.49. The van der Waals surface area contributed by atoms with Crippen LogP contribution in [-0.4, -0.2) is 8.42 Å². The summed E-state index contributed by atoms with van der Waals surface area (Å²) in [6.45, 7) is 0. The second kappa shape index (κ2) is 4.73. The molecule has 2 aromatic rings. The molecule has 3 nitrogen and oxygen atoms in total. The van der Waals surface area contributed by atoms with Crippen molar-refractivity contribution in [2.75, 3.05) is 0 Å². The number of hydrogen-bond acceptors (Lipinski definition) is 2. The van der Waals surface area contributed by atoms with E-state index in [1.807, 2.05) is 0 Å². The van der Waals surface area contributed by atoms with Gasteiger partial charge in [-0.2, -0.15) is 0 Å². The molecule has 0 amide bonds. The molecule has 0 radical (unpaired) electrons. The number of rotatable bonds is 3. The van der Waals surface area contributed by atoms with Gasteiger partial charge in [-0.15, -0.1) is 5.69 Å². The van der Waals surface area contributed by atoms with E-state index in [0.717, 1.165) is 18.2 Å². The monoisotopic (exact) mass is 268 g/mol. The third kappa shape index (κ3) is 2.65. The van der Waals surface area contributed by atoms with Gasteiger partial charge in [-0.25, -0.2) is 17.2 Å². The summed E-state index contributed by atoms with van der Waals surface area (Å²) >= 11 is 0. The minimum atomic E-state index is -3.91. The Balaban J connectivity index is 2.31. The standard InChI is InChI=1S/C12H8F2NO2S/c13-11-7-6-9(8-12(11)14)15-18(16,17)10-4-2-1-3-5-10/h1-8H/q-1. The molecule has 0 aliphatic carbocycles. The minimum Gasteiger partial charge on any atom is -0.573 e. The lowest BCUT2D eigenvalue weighted by Crippen LogP contribution is -1.97. The van der Waals surface area contributed by atoms with Crippen LogP contribution < -0.4 is 0 Å². The van der Waals surface area contributed by atoms with Gasteiger partial charge in [0.05, 0.1) is 4.90 Å². The van der Waals surface area contributed by atoms with Crippen molar-refractivity contribution in [3.8, 4) is 0 Å². The molecular weight excluding hydrogens is 260 g/mol. The van der Waals surface area contributed by atoms with Gasteiger partial charge in [0.25, 0.3) is 0 Å². The lowest BCUT2D eigenvalue weighted by molar-refractivity contribution is 0.509. The highest BCUT2D eigenvalue weighted by atomic mass is 32.2. The summed E-state index contributed by atoms with van der Waals surface area (Å²) in [6, 6.07) is 10.2. The molecule has 0 atom stereocenters. The van der Waals surface area contributed by atoms with E-state index < -0.39 is 21.7 Å². The van der Waals surface area contributed by atoms with Crippen molar-refractivity contribution in [1.82, 2.24) is 0 Å². The summed E-state index contributed by atoms with van der Waals surface area (Å²) in [5.74, 6) is -2.19. The molecule has 0 N–H and O–H groups in total. The number of hydrogen-bond donors (Lipinski definition) is 0. The topological polar surface area (TPSA) is 48.2 Å². The summed E-state index contributed by atoms with van der Waals surface area (Å²) in [5, 5.41) is 0. The van der Waals surface area contributed by atoms with Gasteiger partial charge in [0.15, 0.2) is 11.6 Å². The van der Waals surface area contributed by atoms with Crippen molar-refractivity contribution in [1.29, 1.82) is 0 Å². The quantitative estimate of drug-likeness (QED) is 0.857. The minimum absolute atomic E-state index is 0.00488. The Morgan fingerprint density at radius 1 is 0.889 bits per heavy atom. The van der Waals surface area contributed by atoms with Crippen LogP contribution in [0, 0.1) is 11.6 Å². The van der Waals surface area contributed by atoms with Crippen LogP contribution in [0.15, 0.2) is 53.4 Å². The molecule has 0 spiro atoms. The van der Waals surface area contributed by atoms with Crippen molar-refractivity contribution >= 4 is 15.7 Å². The first-order valence-electron chi connectivity index (χ1n) is 4.97. The van der Waals surface area contributed by atoms with E-state index in [4.69, 9.17) is 0 Å². The van der Waals surface area contributed by atoms with Gasteiger partial charge in [0.2, 0.25) is 0 Å². The van der Waals surface area contributed by atoms with Gasteiger partial charge >= 0.3 is 0 Å². The fourth-order valence-corrected chi connectivity index (χ4v) is 2.32. The molecule has 0 saturated carbocycles. The SMILES string of the molecule is O=S(=O)([N-]c1ccc(F)c(F)c1)c1ccccc1. The van der Waals surface area contributed by atoms with Gasteiger partial charge < -0.3 is 4.72 Å². The second-order valence-electron chi connectivity index (χ2n) is 3.48. The summed E-state index contributed by atoms with van der Waals surface area (Å²) in [5.41, 5.74) is -0.155. The zero-order chi connectivity index (χ0) is 13.2. The van der Waals surface area contributed by atoms with Gasteiger partial charge in [0, 0.05) is 0 Å². The Bertz CT molecular complexity index is 657. The summed E-state index contributed by atoms with van der Waals surface area (Å²) in [7, 11) is -3.91. The number of halogens is 2. The highest BCUT2D eigenvalue weighted by Gasteiger charge is 2.05. The molecule has 6 heteroatoms. The Kier molecular flexibility index (Phi) is 3.29. The maximum atomic E-state index is 12.9. The summed E-state index contributed by atoms with van der Waals surface area (Å²) in [6.07, 6.45) is 0. The molecule has 0 unspecified atom stereocenters. The van der Waals surface area contributed by atoms with Crippen molar-refractivity contribution in [2.45, 2.75) is 4.90 Å². The van der Waals surface area contributed by atoms with Gasteiger partial charge in [-0.3, -0.25) is 0 Å². The average molecular weight is 268 g/mol. The molecule has 0 saturated heterocycles. The van der Waals surface area contributed by atoms with E-state index in [9.17, 15) is 17.2 Å². The van der Waals surface area contributed by atoms with Crippen LogP contribution in [0.25, 0.3) is 4.72 Å². The Morgan fingerprint density at radius 2 is 1.56 bits per heavy atom. The van der Waals surface area contributed by atoms with Crippen LogP contribution in [0.2, 0.25) is 0 Å². The molecule has 0 aliphatic heterocycles. The smallest absolute Gasteiger partial charge is 0.158 e. The molecule has 0 fully saturated rings. The zero-order valence-electron chi connectivity index (χ0n) is 9.05. The van der Waals surface area contributed by atoms with E-state index >= 15 is 0 Å². The Labute approximate surface area is 103 Å². The number of benzene rings is 2. The van der Waals surface area contributed by atoms with Crippen molar-refractivity contribution < 1.29 is 17.2 Å². The fourth-order valence-electron chi connectivity index (χ4n) is 1.33. The largest absolute Gasteiger partial charge is 0.573 e. The molecule has 2 rings (SSSR count). The van der Waals surface area contributed by atoms with E-state index in [0.29, 0.717) is 0 Å². The molecule has 0 aliphatic rings. The summed E-state index contributed by atoms with van der Waals surface area (Å²) in [4.78, 5) is -0.00488. The molecule has 0 bridgehead atoms. The Morgan fingerprint density at radius 3 is 2.17 bits per heavy atom. The van der Waals surface area contributed by atoms with Crippen LogP contribution in [0.3, 0.4) is 0 Å². The van der Waals surface area contributed by atoms with E-state index in [1.54, 1.807) is 18.2 Å². The normalized spacial score (nSPS) is 11.2. The lowest BCUT2D eigenvalue weighted by Gasteiger charge is -2.21. The molecule has 0 aromatic heterocycles. The first kappa shape index (κ1) is 12.5. The zero-order valence-corrected chi connectivity index (χ0v) is 9.86. The highest BCUT2D eigenvalue weighted by molar-refractivity contribution is 7.94. The first-order valence-corrected chi connectivity index (χ1v) is 6.41. The Hall–Kier alpha value is -1.95. The van der Waals surface area contributed by atoms with E-state index in [-0.39, 0.29) is 10.6 Å². The highest BCUT2D eigenvalue weighted by Crippen LogP contribution is 2.28. The first-order chi connectivity index (χ1) is 8.49. The predicted octanol–water partition coefficient (Wildman–Crippen LogP) is 3.36. The van der Waals surface area contributed by atoms with Gasteiger partial charge in [0.1, 0.15) is 10.0 Å². The van der Waals surface area contributed by atoms with Crippen molar-refractivity contribution in [3.63, 3.8) is 0 Å². The number of sulfonamides is 1. The summed E-state index contributed by atoms with van der Waals surface area (Å²) < 4.78 is 52.7. The maximum Gasteiger partial charge on any atom is 0.158 e. The van der Waals surface area contributed by atoms with Crippen LogP contribution in [0.5, 0.6) is 0 Å². The van der Waals surface area contributed by atoms with E-state index in [2.05, 4.69) is 4.72 Å². The number of nitrogens with zero attached hydrogens (tertiary/aromatic N) is 1. The second-order valence-corrected chi connectivity index (χ2v) is 5.08. The van der Waals surface area contributed by atoms with Crippen LogP contribution in [0.4, 0.5) is 14.5 Å². The van der Waals surface area contributed by atoms with E-state index in [1.165, 1.54) is 12.1 Å². The molecule has 18 heavy (non-hydrogen) atoms. The van der Waals surface area contributed by atoms with Gasteiger partial charge in [-0.05, 0) is 24.3 Å². The van der Waals surface area contributed by atoms with Crippen LogP contribution in [0.1, 0.15) is 0 Å². The van der Waals surface area contributed by atoms with Gasteiger partial charge in [-0.1, -0.05) is 24.3 Å². The van der Waals surface area contributed by atoms with Crippen molar-refractivity contribution in [2.24, 2.45) is 0 Å². The lowest BCUT2D eigenvalue weighted by atomic mass is 10.3. The fraction of sp³-hybridized carbons (Fsp3) is 0.